The zero-order valence-electron chi connectivity index (χ0n) is 13.6. The molecule has 0 unspecified atom stereocenters. The average molecular weight is 272 g/mol. The zero-order chi connectivity index (χ0) is 14.9. The highest BCUT2D eigenvalue weighted by Crippen LogP contribution is 2.14. The molecule has 0 spiro atoms. The lowest BCUT2D eigenvalue weighted by atomic mass is 10.2. The Labute approximate surface area is 120 Å². The molecule has 1 aliphatic carbocycles. The normalized spacial score (nSPS) is 13.9. The number of hydrogen-bond donors (Lipinski definition) is 2. The molecule has 116 valence electrons. The van der Waals surface area contributed by atoms with Crippen molar-refractivity contribution < 1.29 is 4.79 Å². The van der Waals surface area contributed by atoms with Gasteiger partial charge in [0.15, 0.2) is 0 Å². The molecule has 3 nitrogen and oxygen atoms in total. The van der Waals surface area contributed by atoms with Gasteiger partial charge in [0.2, 0.25) is 5.91 Å². The first-order chi connectivity index (χ1) is 9.12. The van der Waals surface area contributed by atoms with E-state index < -0.39 is 0 Å². The van der Waals surface area contributed by atoms with E-state index in [1.54, 1.807) is 0 Å². The third-order valence-electron chi connectivity index (χ3n) is 2.78. The number of nitrogens with one attached hydrogen (secondary N) is 1. The molecular formula is C16H36N2O. The number of hydrogen-bond acceptors (Lipinski definition) is 2. The number of unbranched alkanes of at least 4 members (excludes halogenated alkanes) is 2. The van der Waals surface area contributed by atoms with Crippen molar-refractivity contribution in [3.05, 3.63) is 0 Å². The summed E-state index contributed by atoms with van der Waals surface area (Å²) < 4.78 is 0. The molecule has 0 aromatic heterocycles. The summed E-state index contributed by atoms with van der Waals surface area (Å²) in [6.07, 6.45) is 10.6. The van der Waals surface area contributed by atoms with E-state index in [9.17, 15) is 4.79 Å². The van der Waals surface area contributed by atoms with Gasteiger partial charge in [0, 0.05) is 19.0 Å². The smallest absolute Gasteiger partial charge is 0.219 e. The lowest BCUT2D eigenvalue weighted by Crippen LogP contribution is -2.21. The van der Waals surface area contributed by atoms with E-state index in [1.807, 2.05) is 6.92 Å². The molecule has 0 bridgehead atoms. The van der Waals surface area contributed by atoms with Crippen molar-refractivity contribution in [3.63, 3.8) is 0 Å². The Morgan fingerprint density at radius 1 is 1.11 bits per heavy atom. The molecule has 1 saturated carbocycles. The van der Waals surface area contributed by atoms with Crippen molar-refractivity contribution in [1.82, 2.24) is 5.32 Å². The fraction of sp³-hybridized carbons (Fsp3) is 0.938. The van der Waals surface area contributed by atoms with Crippen LogP contribution in [0.4, 0.5) is 0 Å². The predicted octanol–water partition coefficient (Wildman–Crippen LogP) is 4.01. The summed E-state index contributed by atoms with van der Waals surface area (Å²) >= 11 is 0. The highest BCUT2D eigenvalue weighted by Gasteiger charge is 2.07. The van der Waals surface area contributed by atoms with Gasteiger partial charge >= 0.3 is 0 Å². The summed E-state index contributed by atoms with van der Waals surface area (Å²) in [6, 6.07) is 0.546. The number of carbonyl (C=O) groups is 1. The van der Waals surface area contributed by atoms with E-state index in [2.05, 4.69) is 26.1 Å². The first kappa shape index (κ1) is 20.7. The molecule has 3 heteroatoms. The van der Waals surface area contributed by atoms with Crippen molar-refractivity contribution in [3.8, 4) is 0 Å². The first-order valence-corrected chi connectivity index (χ1v) is 8.14. The molecule has 1 rings (SSSR count). The molecule has 0 aromatic rings. The van der Waals surface area contributed by atoms with Crippen molar-refractivity contribution in [2.45, 2.75) is 91.5 Å². The molecule has 1 aliphatic rings. The van der Waals surface area contributed by atoms with Crippen LogP contribution < -0.4 is 11.1 Å². The van der Waals surface area contributed by atoms with Gasteiger partial charge < -0.3 is 11.1 Å². The van der Waals surface area contributed by atoms with Crippen LogP contribution in [0.1, 0.15) is 85.5 Å². The van der Waals surface area contributed by atoms with Gasteiger partial charge in [0.05, 0.1) is 0 Å². The maximum atomic E-state index is 10.8. The Morgan fingerprint density at radius 3 is 1.95 bits per heavy atom. The average Bonchev–Trinajstić information content (AvgIpc) is 2.83. The second-order valence-electron chi connectivity index (χ2n) is 5.16. The van der Waals surface area contributed by atoms with E-state index >= 15 is 0 Å². The van der Waals surface area contributed by atoms with Crippen LogP contribution in [0.15, 0.2) is 0 Å². The maximum Gasteiger partial charge on any atom is 0.219 e. The Bertz CT molecular complexity index is 178. The second kappa shape index (κ2) is 17.4. The van der Waals surface area contributed by atoms with Gasteiger partial charge in [-0.05, 0) is 26.2 Å². The van der Waals surface area contributed by atoms with Gasteiger partial charge in [-0.25, -0.2) is 0 Å². The van der Waals surface area contributed by atoms with Gasteiger partial charge in [-0.15, -0.1) is 0 Å². The van der Waals surface area contributed by atoms with Crippen LogP contribution in [-0.4, -0.2) is 18.5 Å². The van der Waals surface area contributed by atoms with Crippen molar-refractivity contribution in [2.24, 2.45) is 5.73 Å². The first-order valence-electron chi connectivity index (χ1n) is 8.14. The monoisotopic (exact) mass is 272 g/mol. The summed E-state index contributed by atoms with van der Waals surface area (Å²) in [5, 5.41) is 2.77. The number of carbonyl (C=O) groups excluding carboxylic acids is 1. The van der Waals surface area contributed by atoms with Crippen LogP contribution in [0.3, 0.4) is 0 Å². The second-order valence-corrected chi connectivity index (χ2v) is 5.16. The summed E-state index contributed by atoms with van der Waals surface area (Å²) in [5.74, 6) is 0.191. The molecule has 3 N–H and O–H groups in total. The predicted molar refractivity (Wildman–Crippen MR) is 85.2 cm³/mol. The summed E-state index contributed by atoms with van der Waals surface area (Å²) in [5.41, 5.74) is 5.53. The minimum Gasteiger partial charge on any atom is -0.356 e. The van der Waals surface area contributed by atoms with Gasteiger partial charge in [-0.2, -0.15) is 0 Å². The highest BCUT2D eigenvalue weighted by molar-refractivity contribution is 5.75. The van der Waals surface area contributed by atoms with E-state index in [0.717, 1.165) is 19.4 Å². The molecule has 0 radical (unpaired) electrons. The zero-order valence-corrected chi connectivity index (χ0v) is 13.6. The third kappa shape index (κ3) is 19.9. The number of rotatable bonds is 5. The molecule has 0 heterocycles. The lowest BCUT2D eigenvalue weighted by molar-refractivity contribution is -0.121. The molecule has 19 heavy (non-hydrogen) atoms. The standard InChI is InChI=1S/C8H17NO.C5H11N.C3H8/c1-3-5-6-7-8(10)9-4-2;6-5-3-1-2-4-5;1-3-2/h3-7H2,1-2H3,(H,9,10);5H,1-4,6H2;3H2,1-2H3. The maximum absolute atomic E-state index is 10.8. The van der Waals surface area contributed by atoms with Gasteiger partial charge in [-0.3, -0.25) is 4.79 Å². The Balaban J connectivity index is 0. The van der Waals surface area contributed by atoms with Crippen LogP contribution in [-0.2, 0) is 4.79 Å². The SMILES string of the molecule is CCC.CCCCCC(=O)NCC.NC1CCCC1. The lowest BCUT2D eigenvalue weighted by Gasteiger charge is -1.99. The highest BCUT2D eigenvalue weighted by atomic mass is 16.1. The van der Waals surface area contributed by atoms with Gasteiger partial charge in [-0.1, -0.05) is 52.9 Å². The molecule has 1 fully saturated rings. The third-order valence-corrected chi connectivity index (χ3v) is 2.78. The minimum atomic E-state index is 0.191. The molecule has 0 atom stereocenters. The molecule has 1 amide bonds. The van der Waals surface area contributed by atoms with Crippen molar-refractivity contribution in [2.75, 3.05) is 6.54 Å². The Hall–Kier alpha value is -0.570. The van der Waals surface area contributed by atoms with E-state index in [4.69, 9.17) is 5.73 Å². The van der Waals surface area contributed by atoms with E-state index in [0.29, 0.717) is 12.5 Å². The molecular weight excluding hydrogens is 236 g/mol. The van der Waals surface area contributed by atoms with E-state index in [1.165, 1.54) is 38.5 Å². The number of amides is 1. The quantitative estimate of drug-likeness (QED) is 0.743. The number of nitrogens with two attached hydrogens (primary N) is 1. The largest absolute Gasteiger partial charge is 0.356 e. The van der Waals surface area contributed by atoms with Gasteiger partial charge in [0.1, 0.15) is 0 Å². The van der Waals surface area contributed by atoms with Crippen LogP contribution in [0.5, 0.6) is 0 Å². The Morgan fingerprint density at radius 2 is 1.63 bits per heavy atom. The van der Waals surface area contributed by atoms with Crippen molar-refractivity contribution >= 4 is 5.91 Å². The molecule has 0 aromatic carbocycles. The fourth-order valence-electron chi connectivity index (χ4n) is 1.78. The van der Waals surface area contributed by atoms with E-state index in [-0.39, 0.29) is 5.91 Å². The van der Waals surface area contributed by atoms with Gasteiger partial charge in [0.25, 0.3) is 0 Å². The molecule has 0 saturated heterocycles. The topological polar surface area (TPSA) is 55.1 Å². The summed E-state index contributed by atoms with van der Waals surface area (Å²) in [6.45, 7) is 9.08. The van der Waals surface area contributed by atoms with Crippen LogP contribution in [0.25, 0.3) is 0 Å². The summed E-state index contributed by atoms with van der Waals surface area (Å²) in [7, 11) is 0. The Kier molecular flexibility index (Phi) is 19.0. The van der Waals surface area contributed by atoms with Crippen LogP contribution in [0.2, 0.25) is 0 Å². The fourth-order valence-corrected chi connectivity index (χ4v) is 1.78. The van der Waals surface area contributed by atoms with Crippen molar-refractivity contribution in [1.29, 1.82) is 0 Å². The summed E-state index contributed by atoms with van der Waals surface area (Å²) in [4.78, 5) is 10.8. The minimum absolute atomic E-state index is 0.191. The van der Waals surface area contributed by atoms with Crippen LogP contribution in [0, 0.1) is 0 Å². The van der Waals surface area contributed by atoms with Crippen LogP contribution >= 0.6 is 0 Å². The molecule has 0 aliphatic heterocycles.